The number of anilines is 2. The molecule has 1 heterocycles. The van der Waals surface area contributed by atoms with Crippen LogP contribution >= 0.6 is 0 Å². The van der Waals surface area contributed by atoms with Gasteiger partial charge >= 0.3 is 5.97 Å². The van der Waals surface area contributed by atoms with Crippen molar-refractivity contribution >= 4 is 17.3 Å². The average Bonchev–Trinajstić information content (AvgIpc) is 3.17. The maximum Gasteiger partial charge on any atom is 0.310 e. The fourth-order valence-corrected chi connectivity index (χ4v) is 6.27. The molecule has 0 unspecified atom stereocenters. The standard InChI is InChI=1S/C32H45N5O2/c1-21-12-13-24(19-25(21)20-37-17-16-35-28(37)18-23-10-8-6-7-9-11-23)29(32(3,4)31(38)39)26-14-15-27(34-5)30(36-33)22(26)2/h12-17,19,23,29,34,36H,6-11,18,20,33H2,1-5H3,(H,38,39)/t29-/m0/s1. The van der Waals surface area contributed by atoms with E-state index < -0.39 is 11.4 Å². The van der Waals surface area contributed by atoms with E-state index in [2.05, 4.69) is 46.6 Å². The summed E-state index contributed by atoms with van der Waals surface area (Å²) in [4.78, 5) is 17.3. The molecule has 1 fully saturated rings. The molecule has 1 aliphatic rings. The molecule has 0 bridgehead atoms. The van der Waals surface area contributed by atoms with E-state index in [-0.39, 0.29) is 5.92 Å². The average molecular weight is 532 g/mol. The van der Waals surface area contributed by atoms with Crippen molar-refractivity contribution in [2.45, 2.75) is 85.1 Å². The lowest BCUT2D eigenvalue weighted by Crippen LogP contribution is -2.33. The van der Waals surface area contributed by atoms with Gasteiger partial charge < -0.3 is 20.4 Å². The highest BCUT2D eigenvalue weighted by atomic mass is 16.4. The van der Waals surface area contributed by atoms with Gasteiger partial charge in [-0.1, -0.05) is 62.8 Å². The number of nitrogens with one attached hydrogen (secondary N) is 2. The number of hydrazine groups is 1. The van der Waals surface area contributed by atoms with E-state index in [0.29, 0.717) is 5.92 Å². The molecule has 5 N–H and O–H groups in total. The lowest BCUT2D eigenvalue weighted by Gasteiger charge is -2.34. The molecule has 3 aromatic rings. The van der Waals surface area contributed by atoms with E-state index in [1.54, 1.807) is 13.8 Å². The summed E-state index contributed by atoms with van der Waals surface area (Å²) in [6.45, 7) is 8.45. The molecule has 1 aromatic heterocycles. The van der Waals surface area contributed by atoms with Crippen molar-refractivity contribution in [3.63, 3.8) is 0 Å². The third-order valence-electron chi connectivity index (χ3n) is 8.80. The van der Waals surface area contributed by atoms with Gasteiger partial charge in [0.1, 0.15) is 5.82 Å². The summed E-state index contributed by atoms with van der Waals surface area (Å²) in [6, 6.07) is 10.4. The highest BCUT2D eigenvalue weighted by molar-refractivity contribution is 5.79. The first-order valence-corrected chi connectivity index (χ1v) is 14.3. The van der Waals surface area contributed by atoms with Gasteiger partial charge in [0.05, 0.1) is 16.8 Å². The summed E-state index contributed by atoms with van der Waals surface area (Å²) in [6.07, 6.45) is 12.9. The van der Waals surface area contributed by atoms with Gasteiger partial charge in [0.25, 0.3) is 0 Å². The molecule has 7 heteroatoms. The Morgan fingerprint density at radius 2 is 1.87 bits per heavy atom. The second-order valence-corrected chi connectivity index (χ2v) is 11.8. The Balaban J connectivity index is 1.72. The molecule has 1 atom stereocenters. The van der Waals surface area contributed by atoms with Crippen LogP contribution in [0.4, 0.5) is 11.4 Å². The van der Waals surface area contributed by atoms with Crippen LogP contribution in [0.2, 0.25) is 0 Å². The normalized spacial score (nSPS) is 15.5. The van der Waals surface area contributed by atoms with Crippen LogP contribution in [0.15, 0.2) is 42.7 Å². The van der Waals surface area contributed by atoms with Crippen LogP contribution in [-0.4, -0.2) is 27.7 Å². The minimum Gasteiger partial charge on any atom is -0.481 e. The molecular weight excluding hydrogens is 486 g/mol. The van der Waals surface area contributed by atoms with E-state index in [9.17, 15) is 9.90 Å². The number of aliphatic carboxylic acids is 1. The Morgan fingerprint density at radius 1 is 1.15 bits per heavy atom. The first-order chi connectivity index (χ1) is 18.7. The number of carboxylic acid groups (broad SMARTS) is 1. The van der Waals surface area contributed by atoms with Crippen molar-refractivity contribution in [3.05, 3.63) is 76.4 Å². The van der Waals surface area contributed by atoms with Crippen molar-refractivity contribution in [1.82, 2.24) is 9.55 Å². The summed E-state index contributed by atoms with van der Waals surface area (Å²) in [5.74, 6) is 6.53. The fraction of sp³-hybridized carbons (Fsp3) is 0.500. The molecule has 4 rings (SSSR count). The zero-order valence-corrected chi connectivity index (χ0v) is 24.2. The molecule has 0 amide bonds. The summed E-state index contributed by atoms with van der Waals surface area (Å²) in [5, 5.41) is 13.5. The number of aromatic nitrogens is 2. The number of hydrogen-bond acceptors (Lipinski definition) is 5. The Morgan fingerprint density at radius 3 is 2.51 bits per heavy atom. The van der Waals surface area contributed by atoms with Crippen molar-refractivity contribution in [3.8, 4) is 0 Å². The molecule has 39 heavy (non-hydrogen) atoms. The van der Waals surface area contributed by atoms with E-state index >= 15 is 0 Å². The third-order valence-corrected chi connectivity index (χ3v) is 8.80. The van der Waals surface area contributed by atoms with E-state index in [0.717, 1.165) is 46.9 Å². The van der Waals surface area contributed by atoms with Gasteiger partial charge in [-0.3, -0.25) is 10.6 Å². The molecule has 7 nitrogen and oxygen atoms in total. The molecule has 0 aliphatic heterocycles. The monoisotopic (exact) mass is 531 g/mol. The number of nitrogens with zero attached hydrogens (tertiary/aromatic N) is 2. The van der Waals surface area contributed by atoms with Gasteiger partial charge in [-0.2, -0.15) is 0 Å². The van der Waals surface area contributed by atoms with E-state index in [4.69, 9.17) is 10.8 Å². The number of imidazole rings is 1. The Labute approximate surface area is 233 Å². The van der Waals surface area contributed by atoms with Crippen LogP contribution in [0.3, 0.4) is 0 Å². The van der Waals surface area contributed by atoms with Crippen LogP contribution in [0.25, 0.3) is 0 Å². The van der Waals surface area contributed by atoms with Crippen LogP contribution in [0.5, 0.6) is 0 Å². The maximum atomic E-state index is 12.6. The Kier molecular flexibility index (Phi) is 9.01. The first-order valence-electron chi connectivity index (χ1n) is 14.3. The summed E-state index contributed by atoms with van der Waals surface area (Å²) < 4.78 is 2.28. The number of carboxylic acids is 1. The minimum atomic E-state index is -1.05. The predicted molar refractivity (Wildman–Crippen MR) is 159 cm³/mol. The molecule has 0 spiro atoms. The molecule has 1 aliphatic carbocycles. The smallest absolute Gasteiger partial charge is 0.310 e. The quantitative estimate of drug-likeness (QED) is 0.133. The van der Waals surface area contributed by atoms with Gasteiger partial charge in [-0.25, -0.2) is 4.98 Å². The summed E-state index contributed by atoms with van der Waals surface area (Å²) in [7, 11) is 1.85. The van der Waals surface area contributed by atoms with Crippen molar-refractivity contribution < 1.29 is 9.90 Å². The first kappa shape index (κ1) is 28.7. The Hall–Kier alpha value is -3.32. The largest absolute Gasteiger partial charge is 0.481 e. The molecule has 0 saturated heterocycles. The lowest BCUT2D eigenvalue weighted by molar-refractivity contribution is -0.147. The topological polar surface area (TPSA) is 105 Å². The van der Waals surface area contributed by atoms with Gasteiger partial charge in [0.15, 0.2) is 0 Å². The molecule has 1 saturated carbocycles. The van der Waals surface area contributed by atoms with Crippen LogP contribution in [0, 0.1) is 25.2 Å². The zero-order valence-electron chi connectivity index (χ0n) is 24.2. The van der Waals surface area contributed by atoms with Crippen LogP contribution in [-0.2, 0) is 17.8 Å². The highest BCUT2D eigenvalue weighted by Gasteiger charge is 2.40. The van der Waals surface area contributed by atoms with Crippen molar-refractivity contribution in [2.75, 3.05) is 17.8 Å². The number of carbonyl (C=O) groups is 1. The van der Waals surface area contributed by atoms with Crippen molar-refractivity contribution in [2.24, 2.45) is 17.2 Å². The number of nitrogens with two attached hydrogens (primary N) is 1. The molecule has 2 aromatic carbocycles. The number of benzene rings is 2. The van der Waals surface area contributed by atoms with Gasteiger partial charge in [-0.15, -0.1) is 0 Å². The van der Waals surface area contributed by atoms with Gasteiger partial charge in [0.2, 0.25) is 0 Å². The van der Waals surface area contributed by atoms with Crippen LogP contribution < -0.4 is 16.6 Å². The van der Waals surface area contributed by atoms with E-state index in [1.165, 1.54) is 49.7 Å². The second-order valence-electron chi connectivity index (χ2n) is 11.8. The highest BCUT2D eigenvalue weighted by Crippen LogP contribution is 2.45. The Bertz CT molecular complexity index is 1290. The fourth-order valence-electron chi connectivity index (χ4n) is 6.27. The lowest BCUT2D eigenvalue weighted by atomic mass is 9.69. The minimum absolute atomic E-state index is 0.374. The SMILES string of the molecule is CNc1ccc([C@H](c2ccc(C)c(Cn3ccnc3CC3CCCCCC3)c2)C(C)(C)C(=O)O)c(C)c1NN. The zero-order chi connectivity index (χ0) is 28.2. The van der Waals surface area contributed by atoms with Crippen LogP contribution in [0.1, 0.15) is 91.9 Å². The summed E-state index contributed by atoms with van der Waals surface area (Å²) in [5.41, 5.74) is 8.64. The number of nitrogen functional groups attached to an aromatic ring is 1. The second kappa shape index (κ2) is 12.2. The molecule has 0 radical (unpaired) electrons. The van der Waals surface area contributed by atoms with Gasteiger partial charge in [-0.05, 0) is 67.5 Å². The van der Waals surface area contributed by atoms with Gasteiger partial charge in [0, 0.05) is 38.3 Å². The van der Waals surface area contributed by atoms with E-state index in [1.807, 2.05) is 32.3 Å². The third kappa shape index (κ3) is 6.14. The number of hydrogen-bond donors (Lipinski definition) is 4. The van der Waals surface area contributed by atoms with Crippen molar-refractivity contribution in [1.29, 1.82) is 0 Å². The predicted octanol–water partition coefficient (Wildman–Crippen LogP) is 6.63. The maximum absolute atomic E-state index is 12.6. The molecule has 210 valence electrons. The summed E-state index contributed by atoms with van der Waals surface area (Å²) >= 11 is 0. The number of aryl methyl sites for hydroxylation is 1. The number of rotatable bonds is 10. The molecular formula is C32H45N5O2.